The molecule has 1 fully saturated rings. The van der Waals surface area contributed by atoms with Crippen molar-refractivity contribution in [1.29, 1.82) is 0 Å². The van der Waals surface area contributed by atoms with Gasteiger partial charge in [-0.05, 0) is 62.7 Å². The average molecular weight is 396 g/mol. The first-order valence-corrected chi connectivity index (χ1v) is 10.7. The zero-order valence-corrected chi connectivity index (χ0v) is 16.9. The SMILES string of the molecule is CCc1cc(C(c2ccccn2)N2CCCCC2)c(NC(=O)c2ccco2)s1. The first-order chi connectivity index (χ1) is 13.8. The molecule has 146 valence electrons. The first-order valence-electron chi connectivity index (χ1n) is 9.88. The van der Waals surface area contributed by atoms with Crippen LogP contribution in [0.3, 0.4) is 0 Å². The van der Waals surface area contributed by atoms with Crippen molar-refractivity contribution in [2.75, 3.05) is 18.4 Å². The van der Waals surface area contributed by atoms with E-state index in [-0.39, 0.29) is 11.9 Å². The van der Waals surface area contributed by atoms with Crippen molar-refractivity contribution in [3.05, 3.63) is 70.8 Å². The van der Waals surface area contributed by atoms with E-state index in [0.29, 0.717) is 5.76 Å². The van der Waals surface area contributed by atoms with Gasteiger partial charge in [0.1, 0.15) is 5.00 Å². The molecule has 1 atom stereocenters. The number of nitrogens with one attached hydrogen (secondary N) is 1. The van der Waals surface area contributed by atoms with Crippen LogP contribution < -0.4 is 5.32 Å². The fraction of sp³-hybridized carbons (Fsp3) is 0.364. The summed E-state index contributed by atoms with van der Waals surface area (Å²) in [7, 11) is 0. The zero-order chi connectivity index (χ0) is 19.3. The van der Waals surface area contributed by atoms with Gasteiger partial charge in [0.2, 0.25) is 0 Å². The van der Waals surface area contributed by atoms with Gasteiger partial charge in [0, 0.05) is 16.6 Å². The minimum Gasteiger partial charge on any atom is -0.459 e. The van der Waals surface area contributed by atoms with Crippen LogP contribution in [0.1, 0.15) is 58.9 Å². The highest BCUT2D eigenvalue weighted by molar-refractivity contribution is 7.16. The minimum atomic E-state index is -0.214. The number of hydrogen-bond donors (Lipinski definition) is 1. The average Bonchev–Trinajstić information content (AvgIpc) is 3.41. The van der Waals surface area contributed by atoms with Gasteiger partial charge in [-0.3, -0.25) is 14.7 Å². The molecule has 0 spiro atoms. The van der Waals surface area contributed by atoms with E-state index in [1.54, 1.807) is 23.5 Å². The summed E-state index contributed by atoms with van der Waals surface area (Å²) >= 11 is 1.64. The van der Waals surface area contributed by atoms with Crippen molar-refractivity contribution in [3.63, 3.8) is 0 Å². The van der Waals surface area contributed by atoms with Crippen LogP contribution in [0.5, 0.6) is 0 Å². The number of carbonyl (C=O) groups excluding carboxylic acids is 1. The first kappa shape index (κ1) is 18.9. The molecule has 0 radical (unpaired) electrons. The molecule has 28 heavy (non-hydrogen) atoms. The summed E-state index contributed by atoms with van der Waals surface area (Å²) in [5, 5.41) is 3.98. The van der Waals surface area contributed by atoms with Gasteiger partial charge in [-0.1, -0.05) is 19.4 Å². The van der Waals surface area contributed by atoms with Gasteiger partial charge in [0.05, 0.1) is 18.0 Å². The number of likely N-dealkylation sites (tertiary alicyclic amines) is 1. The number of aromatic nitrogens is 1. The number of pyridine rings is 1. The maximum absolute atomic E-state index is 12.6. The van der Waals surface area contributed by atoms with Crippen LogP contribution in [0.25, 0.3) is 0 Å². The van der Waals surface area contributed by atoms with E-state index < -0.39 is 0 Å². The Bertz CT molecular complexity index is 899. The van der Waals surface area contributed by atoms with E-state index in [0.717, 1.165) is 35.8 Å². The van der Waals surface area contributed by atoms with Gasteiger partial charge in [0.25, 0.3) is 5.91 Å². The molecule has 1 amide bonds. The zero-order valence-electron chi connectivity index (χ0n) is 16.1. The highest BCUT2D eigenvalue weighted by Crippen LogP contribution is 2.40. The van der Waals surface area contributed by atoms with Crippen molar-refractivity contribution in [3.8, 4) is 0 Å². The van der Waals surface area contributed by atoms with Crippen LogP contribution in [-0.2, 0) is 6.42 Å². The summed E-state index contributed by atoms with van der Waals surface area (Å²) in [6, 6.07) is 11.8. The van der Waals surface area contributed by atoms with Crippen molar-refractivity contribution in [2.45, 2.75) is 38.6 Å². The molecule has 3 aromatic heterocycles. The molecule has 4 rings (SSSR count). The maximum Gasteiger partial charge on any atom is 0.291 e. The van der Waals surface area contributed by atoms with Gasteiger partial charge >= 0.3 is 0 Å². The molecular weight excluding hydrogens is 370 g/mol. The minimum absolute atomic E-state index is 0.0463. The number of nitrogens with zero attached hydrogens (tertiary/aromatic N) is 2. The number of hydrogen-bond acceptors (Lipinski definition) is 5. The van der Waals surface area contributed by atoms with Crippen LogP contribution in [0.15, 0.2) is 53.3 Å². The second-order valence-electron chi connectivity index (χ2n) is 7.04. The van der Waals surface area contributed by atoms with Crippen molar-refractivity contribution in [1.82, 2.24) is 9.88 Å². The molecule has 0 bridgehead atoms. The van der Waals surface area contributed by atoms with Gasteiger partial charge in [0.15, 0.2) is 5.76 Å². The van der Waals surface area contributed by atoms with Gasteiger partial charge in [-0.2, -0.15) is 0 Å². The fourth-order valence-corrected chi connectivity index (χ4v) is 4.79. The number of carbonyl (C=O) groups is 1. The third kappa shape index (κ3) is 4.03. The summed E-state index contributed by atoms with van der Waals surface area (Å²) in [6.07, 6.45) is 7.97. The molecule has 4 heterocycles. The molecule has 1 unspecified atom stereocenters. The predicted molar refractivity (Wildman–Crippen MR) is 112 cm³/mol. The largest absolute Gasteiger partial charge is 0.459 e. The van der Waals surface area contributed by atoms with E-state index in [4.69, 9.17) is 4.42 Å². The van der Waals surface area contributed by atoms with E-state index >= 15 is 0 Å². The Morgan fingerprint density at radius 1 is 1.25 bits per heavy atom. The third-order valence-corrected chi connectivity index (χ3v) is 6.36. The van der Waals surface area contributed by atoms with E-state index in [2.05, 4.69) is 34.3 Å². The van der Waals surface area contributed by atoms with E-state index in [9.17, 15) is 4.79 Å². The number of anilines is 1. The Labute approximate surface area is 169 Å². The van der Waals surface area contributed by atoms with Gasteiger partial charge < -0.3 is 9.73 Å². The van der Waals surface area contributed by atoms with Crippen molar-refractivity contribution in [2.24, 2.45) is 0 Å². The summed E-state index contributed by atoms with van der Waals surface area (Å²) in [4.78, 5) is 21.0. The van der Waals surface area contributed by atoms with E-state index in [1.807, 2.05) is 18.3 Å². The van der Waals surface area contributed by atoms with Crippen LogP contribution >= 0.6 is 11.3 Å². The van der Waals surface area contributed by atoms with Crippen LogP contribution in [-0.4, -0.2) is 28.9 Å². The molecule has 1 aliphatic heterocycles. The molecule has 0 saturated carbocycles. The lowest BCUT2D eigenvalue weighted by atomic mass is 9.99. The Kier molecular flexibility index (Phi) is 5.88. The van der Waals surface area contributed by atoms with Crippen molar-refractivity contribution >= 4 is 22.2 Å². The number of aryl methyl sites for hydroxylation is 1. The standard InChI is InChI=1S/C22H25N3O2S/c1-2-16-15-17(22(28-16)24-21(26)19-10-8-14-27-19)20(18-9-4-5-11-23-18)25-12-6-3-7-13-25/h4-5,8-11,14-15,20H,2-3,6-7,12-13H2,1H3,(H,24,26). The number of rotatable bonds is 6. The Hall–Kier alpha value is -2.44. The number of amides is 1. The molecule has 1 aliphatic rings. The summed E-state index contributed by atoms with van der Waals surface area (Å²) in [6.45, 7) is 4.23. The second kappa shape index (κ2) is 8.71. The van der Waals surface area contributed by atoms with Crippen LogP contribution in [0, 0.1) is 0 Å². The van der Waals surface area contributed by atoms with Crippen LogP contribution in [0.2, 0.25) is 0 Å². The van der Waals surface area contributed by atoms with Crippen molar-refractivity contribution < 1.29 is 9.21 Å². The number of thiophene rings is 1. The second-order valence-corrected chi connectivity index (χ2v) is 8.17. The highest BCUT2D eigenvalue weighted by Gasteiger charge is 2.29. The Morgan fingerprint density at radius 3 is 2.79 bits per heavy atom. The lowest BCUT2D eigenvalue weighted by molar-refractivity contribution is 0.0996. The monoisotopic (exact) mass is 395 g/mol. The van der Waals surface area contributed by atoms with Gasteiger partial charge in [-0.25, -0.2) is 0 Å². The lowest BCUT2D eigenvalue weighted by Crippen LogP contribution is -2.35. The molecular formula is C22H25N3O2S. The normalized spacial score (nSPS) is 16.0. The third-order valence-electron chi connectivity index (χ3n) is 5.15. The highest BCUT2D eigenvalue weighted by atomic mass is 32.1. The van der Waals surface area contributed by atoms with Crippen LogP contribution in [0.4, 0.5) is 5.00 Å². The molecule has 1 saturated heterocycles. The van der Waals surface area contributed by atoms with Gasteiger partial charge in [-0.15, -0.1) is 11.3 Å². The molecule has 6 heteroatoms. The Balaban J connectivity index is 1.72. The molecule has 0 aliphatic carbocycles. The predicted octanol–water partition coefficient (Wildman–Crippen LogP) is 5.13. The topological polar surface area (TPSA) is 58.4 Å². The summed E-state index contributed by atoms with van der Waals surface area (Å²) < 4.78 is 5.27. The fourth-order valence-electron chi connectivity index (χ4n) is 3.76. The molecule has 5 nitrogen and oxygen atoms in total. The number of piperidine rings is 1. The number of furan rings is 1. The summed E-state index contributed by atoms with van der Waals surface area (Å²) in [5.41, 5.74) is 2.15. The quantitative estimate of drug-likeness (QED) is 0.629. The molecule has 1 N–H and O–H groups in total. The van der Waals surface area contributed by atoms with E-state index in [1.165, 1.54) is 30.4 Å². The smallest absolute Gasteiger partial charge is 0.291 e. The Morgan fingerprint density at radius 2 is 2.11 bits per heavy atom. The lowest BCUT2D eigenvalue weighted by Gasteiger charge is -2.34. The summed E-state index contributed by atoms with van der Waals surface area (Å²) in [5.74, 6) is 0.110. The maximum atomic E-state index is 12.6. The molecule has 0 aromatic carbocycles. The molecule has 3 aromatic rings.